The Labute approximate surface area is 154 Å². The molecule has 0 saturated heterocycles. The van der Waals surface area contributed by atoms with Crippen LogP contribution in [0.1, 0.15) is 23.1 Å². The summed E-state index contributed by atoms with van der Waals surface area (Å²) in [5.41, 5.74) is 2.65. The van der Waals surface area contributed by atoms with Gasteiger partial charge < -0.3 is 4.74 Å². The maximum absolute atomic E-state index is 12.5. The maximum Gasteiger partial charge on any atom is 0.311 e. The highest BCUT2D eigenvalue weighted by atomic mass is 32.1. The third-order valence-corrected chi connectivity index (χ3v) is 4.39. The number of hydrogen-bond donors (Lipinski definition) is 1. The summed E-state index contributed by atoms with van der Waals surface area (Å²) in [6, 6.07) is 11.4. The Morgan fingerprint density at radius 2 is 2.04 bits per heavy atom. The molecule has 2 heterocycles. The Kier molecular flexibility index (Phi) is 5.43. The first kappa shape index (κ1) is 17.8. The van der Waals surface area contributed by atoms with E-state index in [2.05, 4.69) is 15.4 Å². The Hall–Kier alpha value is -3.00. The molecule has 2 aromatic heterocycles. The van der Waals surface area contributed by atoms with Crippen LogP contribution in [0.3, 0.4) is 0 Å². The summed E-state index contributed by atoms with van der Waals surface area (Å²) in [7, 11) is 1.72. The first-order valence-electron chi connectivity index (χ1n) is 8.07. The average molecular weight is 370 g/mol. The van der Waals surface area contributed by atoms with Crippen LogP contribution in [0.4, 0.5) is 5.13 Å². The maximum atomic E-state index is 12.5. The molecule has 7 nitrogen and oxygen atoms in total. The molecular formula is C18H18N4O3S. The van der Waals surface area contributed by atoms with Crippen molar-refractivity contribution in [1.82, 2.24) is 14.8 Å². The third kappa shape index (κ3) is 4.15. The van der Waals surface area contributed by atoms with Crippen LogP contribution in [0, 0.1) is 0 Å². The Morgan fingerprint density at radius 1 is 1.27 bits per heavy atom. The van der Waals surface area contributed by atoms with Crippen molar-refractivity contribution in [1.29, 1.82) is 0 Å². The lowest BCUT2D eigenvalue weighted by molar-refractivity contribution is -0.142. The van der Waals surface area contributed by atoms with Gasteiger partial charge in [0, 0.05) is 18.0 Å². The van der Waals surface area contributed by atoms with E-state index >= 15 is 0 Å². The molecule has 0 aliphatic carbocycles. The molecule has 8 heteroatoms. The molecule has 1 amide bonds. The molecule has 0 spiro atoms. The molecule has 0 unspecified atom stereocenters. The summed E-state index contributed by atoms with van der Waals surface area (Å²) in [4.78, 5) is 28.3. The summed E-state index contributed by atoms with van der Waals surface area (Å²) < 4.78 is 6.43. The molecule has 134 valence electrons. The molecule has 0 radical (unpaired) electrons. The lowest BCUT2D eigenvalue weighted by Crippen LogP contribution is -2.16. The molecule has 1 N–H and O–H groups in total. The SMILES string of the molecule is CCOC(=O)Cc1csc(NC(=O)c2cc(-c3ccccc3)nn2C)n1. The number of ether oxygens (including phenoxy) is 1. The number of amides is 1. The minimum Gasteiger partial charge on any atom is -0.466 e. The summed E-state index contributed by atoms with van der Waals surface area (Å²) in [6.45, 7) is 2.08. The van der Waals surface area contributed by atoms with Gasteiger partial charge in [-0.2, -0.15) is 5.10 Å². The fourth-order valence-electron chi connectivity index (χ4n) is 2.40. The topological polar surface area (TPSA) is 86.1 Å². The Balaban J connectivity index is 1.70. The fraction of sp³-hybridized carbons (Fsp3) is 0.222. The molecule has 0 atom stereocenters. The second kappa shape index (κ2) is 7.92. The lowest BCUT2D eigenvalue weighted by Gasteiger charge is -2.01. The van der Waals surface area contributed by atoms with Crippen LogP contribution in [-0.4, -0.2) is 33.2 Å². The van der Waals surface area contributed by atoms with E-state index in [4.69, 9.17) is 4.74 Å². The molecule has 3 rings (SSSR count). The second-order valence-corrected chi connectivity index (χ2v) is 6.34. The molecule has 3 aromatic rings. The zero-order chi connectivity index (χ0) is 18.5. The first-order chi connectivity index (χ1) is 12.6. The highest BCUT2D eigenvalue weighted by Crippen LogP contribution is 2.20. The largest absolute Gasteiger partial charge is 0.466 e. The monoisotopic (exact) mass is 370 g/mol. The van der Waals surface area contributed by atoms with Gasteiger partial charge >= 0.3 is 5.97 Å². The second-order valence-electron chi connectivity index (χ2n) is 5.48. The molecular weight excluding hydrogens is 352 g/mol. The van der Waals surface area contributed by atoms with Crippen LogP contribution >= 0.6 is 11.3 Å². The molecule has 26 heavy (non-hydrogen) atoms. The van der Waals surface area contributed by atoms with Crippen molar-refractivity contribution in [3.8, 4) is 11.3 Å². The van der Waals surface area contributed by atoms with Gasteiger partial charge in [-0.3, -0.25) is 19.6 Å². The summed E-state index contributed by atoms with van der Waals surface area (Å²) in [5, 5.41) is 9.29. The van der Waals surface area contributed by atoms with E-state index in [1.165, 1.54) is 16.0 Å². The van der Waals surface area contributed by atoms with Crippen LogP contribution in [-0.2, 0) is 23.0 Å². The van der Waals surface area contributed by atoms with Crippen molar-refractivity contribution in [2.45, 2.75) is 13.3 Å². The van der Waals surface area contributed by atoms with Crippen molar-refractivity contribution >= 4 is 28.3 Å². The van der Waals surface area contributed by atoms with E-state index in [0.29, 0.717) is 23.1 Å². The first-order valence-corrected chi connectivity index (χ1v) is 8.95. The number of hydrogen-bond acceptors (Lipinski definition) is 6. The predicted octanol–water partition coefficient (Wildman–Crippen LogP) is 2.90. The average Bonchev–Trinajstić information content (AvgIpc) is 3.22. The number of aromatic nitrogens is 3. The molecule has 0 aliphatic rings. The minimum atomic E-state index is -0.338. The number of carbonyl (C=O) groups is 2. The smallest absolute Gasteiger partial charge is 0.311 e. The number of thiazole rings is 1. The van der Waals surface area contributed by atoms with Gasteiger partial charge in [0.25, 0.3) is 5.91 Å². The molecule has 0 saturated carbocycles. The highest BCUT2D eigenvalue weighted by molar-refractivity contribution is 7.14. The van der Waals surface area contributed by atoms with Crippen LogP contribution in [0.2, 0.25) is 0 Å². The Morgan fingerprint density at radius 3 is 2.77 bits per heavy atom. The number of rotatable bonds is 6. The lowest BCUT2D eigenvalue weighted by atomic mass is 10.1. The molecule has 0 fully saturated rings. The van der Waals surface area contributed by atoms with Gasteiger partial charge in [0.05, 0.1) is 24.4 Å². The van der Waals surface area contributed by atoms with E-state index in [0.717, 1.165) is 11.3 Å². The van der Waals surface area contributed by atoms with E-state index in [1.54, 1.807) is 25.4 Å². The third-order valence-electron chi connectivity index (χ3n) is 3.58. The summed E-state index contributed by atoms with van der Waals surface area (Å²) >= 11 is 1.26. The van der Waals surface area contributed by atoms with Crippen molar-refractivity contribution in [2.24, 2.45) is 7.05 Å². The van der Waals surface area contributed by atoms with Crippen LogP contribution in [0.25, 0.3) is 11.3 Å². The van der Waals surface area contributed by atoms with E-state index in [-0.39, 0.29) is 18.3 Å². The standard InChI is InChI=1S/C18H18N4O3S/c1-3-25-16(23)9-13-11-26-18(19-13)20-17(24)15-10-14(21-22(15)2)12-7-5-4-6-8-12/h4-8,10-11H,3,9H2,1-2H3,(H,19,20,24). The van der Waals surface area contributed by atoms with Crippen LogP contribution in [0.15, 0.2) is 41.8 Å². The zero-order valence-electron chi connectivity index (χ0n) is 14.4. The number of benzene rings is 1. The molecule has 1 aromatic carbocycles. The summed E-state index contributed by atoms with van der Waals surface area (Å²) in [6.07, 6.45) is 0.0874. The number of carbonyl (C=O) groups excluding carboxylic acids is 2. The number of nitrogens with one attached hydrogen (secondary N) is 1. The van der Waals surface area contributed by atoms with Crippen molar-refractivity contribution < 1.29 is 14.3 Å². The molecule has 0 bridgehead atoms. The van der Waals surface area contributed by atoms with Crippen molar-refractivity contribution in [2.75, 3.05) is 11.9 Å². The normalized spacial score (nSPS) is 10.5. The predicted molar refractivity (Wildman–Crippen MR) is 99.0 cm³/mol. The van der Waals surface area contributed by atoms with Gasteiger partial charge in [-0.25, -0.2) is 4.98 Å². The van der Waals surface area contributed by atoms with Gasteiger partial charge in [-0.1, -0.05) is 30.3 Å². The quantitative estimate of drug-likeness (QED) is 0.674. The fourth-order valence-corrected chi connectivity index (χ4v) is 3.10. The van der Waals surface area contributed by atoms with Gasteiger partial charge in [0.1, 0.15) is 5.69 Å². The van der Waals surface area contributed by atoms with Crippen molar-refractivity contribution in [3.63, 3.8) is 0 Å². The number of nitrogens with zero attached hydrogens (tertiary/aromatic N) is 3. The van der Waals surface area contributed by atoms with Crippen LogP contribution in [0.5, 0.6) is 0 Å². The van der Waals surface area contributed by atoms with Crippen LogP contribution < -0.4 is 5.32 Å². The Bertz CT molecular complexity index is 918. The number of aryl methyl sites for hydroxylation is 1. The highest BCUT2D eigenvalue weighted by Gasteiger charge is 2.16. The van der Waals surface area contributed by atoms with Gasteiger partial charge in [-0.15, -0.1) is 11.3 Å². The number of anilines is 1. The molecule has 0 aliphatic heterocycles. The van der Waals surface area contributed by atoms with E-state index in [9.17, 15) is 9.59 Å². The van der Waals surface area contributed by atoms with E-state index in [1.807, 2.05) is 30.3 Å². The minimum absolute atomic E-state index is 0.0874. The van der Waals surface area contributed by atoms with E-state index < -0.39 is 0 Å². The van der Waals surface area contributed by atoms with Crippen molar-refractivity contribution in [3.05, 3.63) is 53.2 Å². The van der Waals surface area contributed by atoms with Gasteiger partial charge in [-0.05, 0) is 13.0 Å². The number of esters is 1. The summed E-state index contributed by atoms with van der Waals surface area (Å²) in [5.74, 6) is -0.644. The van der Waals surface area contributed by atoms with Gasteiger partial charge in [0.2, 0.25) is 0 Å². The zero-order valence-corrected chi connectivity index (χ0v) is 15.2. The van der Waals surface area contributed by atoms with Gasteiger partial charge in [0.15, 0.2) is 5.13 Å².